The van der Waals surface area contributed by atoms with Crippen LogP contribution in [0.2, 0.25) is 0 Å². The molecular weight excluding hydrogens is 422 g/mol. The highest BCUT2D eigenvalue weighted by Crippen LogP contribution is 2.31. The summed E-state index contributed by atoms with van der Waals surface area (Å²) < 4.78 is 31.0. The molecular formula is C20H23N5O3S2. The van der Waals surface area contributed by atoms with Gasteiger partial charge in [0.1, 0.15) is 5.82 Å². The number of benzene rings is 1. The lowest BCUT2D eigenvalue weighted by Gasteiger charge is -2.10. The van der Waals surface area contributed by atoms with E-state index in [0.29, 0.717) is 41.4 Å². The van der Waals surface area contributed by atoms with Gasteiger partial charge in [0.05, 0.1) is 17.3 Å². The smallest absolute Gasteiger partial charge is 0.237 e. The summed E-state index contributed by atoms with van der Waals surface area (Å²) in [7, 11) is -3.00. The molecule has 1 saturated heterocycles. The zero-order valence-corrected chi connectivity index (χ0v) is 18.3. The zero-order valence-electron chi connectivity index (χ0n) is 16.7. The van der Waals surface area contributed by atoms with Crippen molar-refractivity contribution in [1.29, 1.82) is 0 Å². The minimum absolute atomic E-state index is 0.122. The summed E-state index contributed by atoms with van der Waals surface area (Å²) in [5, 5.41) is 13.3. The Hall–Kier alpha value is -2.46. The Bertz CT molecular complexity index is 1140. The van der Waals surface area contributed by atoms with E-state index in [1.165, 1.54) is 17.3 Å². The molecule has 0 bridgehead atoms. The second-order valence-electron chi connectivity index (χ2n) is 7.19. The molecule has 1 aromatic carbocycles. The fourth-order valence-corrected chi connectivity index (χ4v) is 5.99. The van der Waals surface area contributed by atoms with E-state index >= 15 is 0 Å². The Morgan fingerprint density at radius 2 is 2.10 bits per heavy atom. The van der Waals surface area contributed by atoms with Crippen LogP contribution in [0.1, 0.15) is 36.5 Å². The lowest BCUT2D eigenvalue weighted by atomic mass is 10.1. The van der Waals surface area contributed by atoms with Gasteiger partial charge in [0.25, 0.3) is 0 Å². The van der Waals surface area contributed by atoms with Crippen molar-refractivity contribution in [1.82, 2.24) is 24.9 Å². The van der Waals surface area contributed by atoms with E-state index in [1.54, 1.807) is 6.08 Å². The number of nitrogens with zero attached hydrogens (tertiary/aromatic N) is 5. The SMILES string of the molecule is C=CCn1c(SCc2nc(-c3ccc(CC)cc3)no2)nnc1C1CCS(=O)(=O)C1. The van der Waals surface area contributed by atoms with Crippen molar-refractivity contribution in [3.8, 4) is 11.4 Å². The first-order valence-corrected chi connectivity index (χ1v) is 12.6. The molecule has 30 heavy (non-hydrogen) atoms. The number of hydrogen-bond acceptors (Lipinski definition) is 8. The van der Waals surface area contributed by atoms with Crippen LogP contribution in [-0.2, 0) is 28.6 Å². The van der Waals surface area contributed by atoms with Crippen LogP contribution in [0, 0.1) is 0 Å². The van der Waals surface area contributed by atoms with Crippen molar-refractivity contribution in [3.05, 3.63) is 54.2 Å². The first-order chi connectivity index (χ1) is 14.5. The van der Waals surface area contributed by atoms with Gasteiger partial charge in [0.2, 0.25) is 11.7 Å². The van der Waals surface area contributed by atoms with E-state index in [9.17, 15) is 8.42 Å². The van der Waals surface area contributed by atoms with Crippen molar-refractivity contribution in [2.24, 2.45) is 0 Å². The molecule has 1 fully saturated rings. The van der Waals surface area contributed by atoms with Gasteiger partial charge in [0, 0.05) is 18.0 Å². The highest BCUT2D eigenvalue weighted by atomic mass is 32.2. The summed E-state index contributed by atoms with van der Waals surface area (Å²) in [6.45, 7) is 6.42. The average molecular weight is 446 g/mol. The van der Waals surface area contributed by atoms with Gasteiger partial charge < -0.3 is 9.09 Å². The summed E-state index contributed by atoms with van der Waals surface area (Å²) in [6, 6.07) is 8.09. The minimum atomic E-state index is -3.00. The molecule has 3 aromatic rings. The Balaban J connectivity index is 1.47. The highest BCUT2D eigenvalue weighted by Gasteiger charge is 2.33. The Kier molecular flexibility index (Phi) is 6.05. The Morgan fingerprint density at radius 3 is 2.77 bits per heavy atom. The van der Waals surface area contributed by atoms with E-state index < -0.39 is 9.84 Å². The van der Waals surface area contributed by atoms with Crippen LogP contribution in [0.4, 0.5) is 0 Å². The molecule has 1 aliphatic heterocycles. The largest absolute Gasteiger partial charge is 0.338 e. The van der Waals surface area contributed by atoms with Crippen molar-refractivity contribution >= 4 is 21.6 Å². The van der Waals surface area contributed by atoms with Crippen molar-refractivity contribution < 1.29 is 12.9 Å². The molecule has 0 saturated carbocycles. The van der Waals surface area contributed by atoms with Gasteiger partial charge in [0.15, 0.2) is 15.0 Å². The monoisotopic (exact) mass is 445 g/mol. The predicted octanol–water partition coefficient (Wildman–Crippen LogP) is 3.27. The molecule has 0 N–H and O–H groups in total. The number of hydrogen-bond donors (Lipinski definition) is 0. The summed E-state index contributed by atoms with van der Waals surface area (Å²) in [4.78, 5) is 4.47. The van der Waals surface area contributed by atoms with Gasteiger partial charge in [-0.3, -0.25) is 0 Å². The molecule has 3 heterocycles. The molecule has 1 atom stereocenters. The van der Waals surface area contributed by atoms with Gasteiger partial charge in [-0.1, -0.05) is 54.2 Å². The highest BCUT2D eigenvalue weighted by molar-refractivity contribution is 7.98. The van der Waals surface area contributed by atoms with Crippen molar-refractivity contribution in [3.63, 3.8) is 0 Å². The zero-order chi connectivity index (χ0) is 21.1. The average Bonchev–Trinajstić information content (AvgIpc) is 3.45. The van der Waals surface area contributed by atoms with Crippen LogP contribution in [0.15, 0.2) is 46.6 Å². The first kappa shape index (κ1) is 20.8. The molecule has 1 aliphatic rings. The lowest BCUT2D eigenvalue weighted by molar-refractivity contribution is 0.391. The molecule has 0 spiro atoms. The molecule has 158 valence electrons. The second kappa shape index (κ2) is 8.73. The summed E-state index contributed by atoms with van der Waals surface area (Å²) in [5.41, 5.74) is 2.16. The number of thioether (sulfide) groups is 1. The third-order valence-electron chi connectivity index (χ3n) is 5.07. The number of allylic oxidation sites excluding steroid dienone is 1. The van der Waals surface area contributed by atoms with Gasteiger partial charge in [-0.05, 0) is 18.4 Å². The third kappa shape index (κ3) is 4.49. The molecule has 0 radical (unpaired) electrons. The topological polar surface area (TPSA) is 104 Å². The maximum absolute atomic E-state index is 11.8. The van der Waals surface area contributed by atoms with E-state index in [0.717, 1.165) is 12.0 Å². The first-order valence-electron chi connectivity index (χ1n) is 9.78. The third-order valence-corrected chi connectivity index (χ3v) is 7.79. The summed E-state index contributed by atoms with van der Waals surface area (Å²) >= 11 is 1.43. The molecule has 0 amide bonds. The fourth-order valence-electron chi connectivity index (χ4n) is 3.45. The van der Waals surface area contributed by atoms with Gasteiger partial charge >= 0.3 is 0 Å². The summed E-state index contributed by atoms with van der Waals surface area (Å²) in [6.07, 6.45) is 3.31. The van der Waals surface area contributed by atoms with E-state index in [4.69, 9.17) is 4.52 Å². The quantitative estimate of drug-likeness (QED) is 0.384. The van der Waals surface area contributed by atoms with Crippen LogP contribution >= 0.6 is 11.8 Å². The molecule has 10 heteroatoms. The second-order valence-corrected chi connectivity index (χ2v) is 10.4. The molecule has 0 aliphatic carbocycles. The normalized spacial score (nSPS) is 18.0. The van der Waals surface area contributed by atoms with Crippen LogP contribution in [0.5, 0.6) is 0 Å². The van der Waals surface area contributed by atoms with Gasteiger partial charge in [-0.2, -0.15) is 4.98 Å². The van der Waals surface area contributed by atoms with Crippen molar-refractivity contribution in [2.75, 3.05) is 11.5 Å². The maximum Gasteiger partial charge on any atom is 0.237 e. The number of aryl methyl sites for hydroxylation is 1. The van der Waals surface area contributed by atoms with Gasteiger partial charge in [-0.25, -0.2) is 8.42 Å². The van der Waals surface area contributed by atoms with E-state index in [2.05, 4.69) is 46.0 Å². The van der Waals surface area contributed by atoms with Gasteiger partial charge in [-0.15, -0.1) is 16.8 Å². The molecule has 2 aromatic heterocycles. The fraction of sp³-hybridized carbons (Fsp3) is 0.400. The summed E-state index contributed by atoms with van der Waals surface area (Å²) in [5.74, 6) is 2.38. The van der Waals surface area contributed by atoms with Crippen LogP contribution in [0.3, 0.4) is 0 Å². The predicted molar refractivity (Wildman–Crippen MR) is 115 cm³/mol. The Morgan fingerprint density at radius 1 is 1.30 bits per heavy atom. The number of sulfone groups is 1. The van der Waals surface area contributed by atoms with E-state index in [-0.39, 0.29) is 17.4 Å². The molecule has 4 rings (SSSR count). The lowest BCUT2D eigenvalue weighted by Crippen LogP contribution is -2.11. The Labute approximate surface area is 179 Å². The minimum Gasteiger partial charge on any atom is -0.338 e. The van der Waals surface area contributed by atoms with Crippen LogP contribution in [-0.4, -0.2) is 44.8 Å². The van der Waals surface area contributed by atoms with Crippen LogP contribution in [0.25, 0.3) is 11.4 Å². The number of aromatic nitrogens is 5. The molecule has 1 unspecified atom stereocenters. The van der Waals surface area contributed by atoms with E-state index in [1.807, 2.05) is 16.7 Å². The molecule has 8 nitrogen and oxygen atoms in total. The van der Waals surface area contributed by atoms with Crippen molar-refractivity contribution in [2.45, 2.75) is 43.1 Å². The standard InChI is InChI=1S/C20H23N5O3S2/c1-3-10-25-19(16-9-11-30(26,27)13-16)22-23-20(25)29-12-17-21-18(24-28-17)15-7-5-14(4-2)6-8-15/h3,5-8,16H,1,4,9-13H2,2H3. The number of rotatable bonds is 8. The van der Waals surface area contributed by atoms with Crippen LogP contribution < -0.4 is 0 Å². The maximum atomic E-state index is 11.8.